The molecule has 0 unspecified atom stereocenters. The maximum absolute atomic E-state index is 9.50. The smallest absolute Gasteiger partial charge is 0.240 e. The van der Waals surface area contributed by atoms with Gasteiger partial charge in [-0.15, -0.1) is 5.10 Å². The van der Waals surface area contributed by atoms with Crippen LogP contribution >= 0.6 is 0 Å². The number of aromatic nitrogens is 4. The predicted molar refractivity (Wildman–Crippen MR) is 58.0 cm³/mol. The second-order valence-corrected chi connectivity index (χ2v) is 3.88. The number of hydrogen-bond acceptors (Lipinski definition) is 6. The van der Waals surface area contributed by atoms with E-state index in [0.717, 1.165) is 18.8 Å². The molecule has 3 heterocycles. The third kappa shape index (κ3) is 1.36. The van der Waals surface area contributed by atoms with Gasteiger partial charge in [-0.05, 0) is 6.42 Å². The Bertz CT molecular complexity index is 524. The highest BCUT2D eigenvalue weighted by Gasteiger charge is 2.23. The number of rotatable bonds is 1. The Morgan fingerprint density at radius 3 is 3.12 bits per heavy atom. The number of fused-ring (bicyclic) bond motifs is 1. The monoisotopic (exact) mass is 220 g/mol. The molecule has 7 nitrogen and oxygen atoms in total. The third-order valence-electron chi connectivity index (χ3n) is 2.72. The second kappa shape index (κ2) is 3.31. The normalized spacial score (nSPS) is 20.8. The molecule has 3 rings (SSSR count). The maximum Gasteiger partial charge on any atom is 0.240 e. The molecule has 0 aromatic carbocycles. The summed E-state index contributed by atoms with van der Waals surface area (Å²) in [5, 5.41) is 13.5. The first kappa shape index (κ1) is 9.34. The zero-order valence-electron chi connectivity index (χ0n) is 8.61. The molecule has 7 heteroatoms. The summed E-state index contributed by atoms with van der Waals surface area (Å²) >= 11 is 0. The molecule has 0 spiro atoms. The van der Waals surface area contributed by atoms with E-state index in [2.05, 4.69) is 15.1 Å². The Morgan fingerprint density at radius 1 is 1.50 bits per heavy atom. The van der Waals surface area contributed by atoms with Crippen molar-refractivity contribution in [3.63, 3.8) is 0 Å². The molecule has 0 radical (unpaired) electrons. The van der Waals surface area contributed by atoms with Crippen molar-refractivity contribution in [1.29, 1.82) is 0 Å². The Kier molecular flexibility index (Phi) is 1.93. The van der Waals surface area contributed by atoms with Crippen molar-refractivity contribution in [2.24, 2.45) is 0 Å². The topological polar surface area (TPSA) is 92.6 Å². The van der Waals surface area contributed by atoms with Crippen LogP contribution in [0.3, 0.4) is 0 Å². The van der Waals surface area contributed by atoms with E-state index in [-0.39, 0.29) is 12.1 Å². The lowest BCUT2D eigenvalue weighted by atomic mass is 10.3. The lowest BCUT2D eigenvalue weighted by Gasteiger charge is -2.16. The van der Waals surface area contributed by atoms with Gasteiger partial charge >= 0.3 is 0 Å². The number of aliphatic hydroxyl groups excluding tert-OH is 1. The van der Waals surface area contributed by atoms with Crippen LogP contribution in [0.1, 0.15) is 6.42 Å². The van der Waals surface area contributed by atoms with Crippen LogP contribution in [-0.4, -0.2) is 43.9 Å². The fourth-order valence-corrected chi connectivity index (χ4v) is 1.98. The van der Waals surface area contributed by atoms with Crippen molar-refractivity contribution in [1.82, 2.24) is 19.6 Å². The molecule has 0 amide bonds. The van der Waals surface area contributed by atoms with Gasteiger partial charge in [0, 0.05) is 25.5 Å². The van der Waals surface area contributed by atoms with E-state index in [1.54, 1.807) is 16.9 Å². The molecule has 16 heavy (non-hydrogen) atoms. The van der Waals surface area contributed by atoms with Gasteiger partial charge in [-0.2, -0.15) is 4.98 Å². The molecule has 84 valence electrons. The lowest BCUT2D eigenvalue weighted by Crippen LogP contribution is -2.23. The van der Waals surface area contributed by atoms with Crippen molar-refractivity contribution >= 4 is 17.4 Å². The lowest BCUT2D eigenvalue weighted by molar-refractivity contribution is 0.198. The van der Waals surface area contributed by atoms with Gasteiger partial charge in [-0.1, -0.05) is 0 Å². The molecule has 2 aromatic heterocycles. The van der Waals surface area contributed by atoms with E-state index < -0.39 is 0 Å². The van der Waals surface area contributed by atoms with Crippen LogP contribution in [0.4, 0.5) is 11.8 Å². The summed E-state index contributed by atoms with van der Waals surface area (Å²) in [7, 11) is 0. The number of hydrogen-bond donors (Lipinski definition) is 2. The molecule has 1 aliphatic heterocycles. The van der Waals surface area contributed by atoms with Crippen molar-refractivity contribution in [3.8, 4) is 0 Å². The summed E-state index contributed by atoms with van der Waals surface area (Å²) < 4.78 is 1.60. The summed E-state index contributed by atoms with van der Waals surface area (Å²) in [4.78, 5) is 10.4. The summed E-state index contributed by atoms with van der Waals surface area (Å²) in [6.07, 6.45) is 3.82. The molecular weight excluding hydrogens is 208 g/mol. The molecule has 0 aliphatic carbocycles. The first-order chi connectivity index (χ1) is 7.74. The van der Waals surface area contributed by atoms with Crippen molar-refractivity contribution in [2.45, 2.75) is 12.5 Å². The second-order valence-electron chi connectivity index (χ2n) is 3.88. The van der Waals surface area contributed by atoms with Gasteiger partial charge in [0.15, 0.2) is 11.5 Å². The number of anilines is 2. The Morgan fingerprint density at radius 2 is 2.38 bits per heavy atom. The quantitative estimate of drug-likeness (QED) is 0.658. The molecule has 1 atom stereocenters. The number of nitrogens with zero attached hydrogens (tertiary/aromatic N) is 5. The van der Waals surface area contributed by atoms with Gasteiger partial charge in [0.2, 0.25) is 5.95 Å². The van der Waals surface area contributed by atoms with Crippen LogP contribution in [0.5, 0.6) is 0 Å². The standard InChI is InChI=1S/C9H12N6O/c10-9-12-8-7(11-2-4-15(8)13-9)14-3-1-6(16)5-14/h2,4,6,16H,1,3,5H2,(H2,10,13)/t6-/m1/s1. The fourth-order valence-electron chi connectivity index (χ4n) is 1.98. The molecule has 2 aromatic rings. The van der Waals surface area contributed by atoms with Crippen molar-refractivity contribution in [2.75, 3.05) is 23.7 Å². The number of β-amino-alcohol motifs (C(OH)–C–C–N with tert-alkyl or cyclic N) is 1. The molecular formula is C9H12N6O. The first-order valence-electron chi connectivity index (χ1n) is 5.14. The minimum absolute atomic E-state index is 0.231. The van der Waals surface area contributed by atoms with E-state index in [1.807, 2.05) is 4.90 Å². The predicted octanol–water partition coefficient (Wildman–Crippen LogP) is -0.723. The zero-order valence-corrected chi connectivity index (χ0v) is 8.61. The number of nitrogen functional groups attached to an aromatic ring is 1. The van der Waals surface area contributed by atoms with E-state index in [9.17, 15) is 5.11 Å². The first-order valence-corrected chi connectivity index (χ1v) is 5.14. The van der Waals surface area contributed by atoms with Crippen LogP contribution in [0, 0.1) is 0 Å². The van der Waals surface area contributed by atoms with Crippen molar-refractivity contribution in [3.05, 3.63) is 12.4 Å². The number of nitrogens with two attached hydrogens (primary N) is 1. The maximum atomic E-state index is 9.50. The summed E-state index contributed by atoms with van der Waals surface area (Å²) in [5.74, 6) is 0.956. The van der Waals surface area contributed by atoms with Crippen LogP contribution < -0.4 is 10.6 Å². The van der Waals surface area contributed by atoms with Crippen LogP contribution in [0.15, 0.2) is 12.4 Å². The van der Waals surface area contributed by atoms with Gasteiger partial charge in [0.05, 0.1) is 6.10 Å². The Labute approximate surface area is 91.5 Å². The summed E-state index contributed by atoms with van der Waals surface area (Å²) in [6.45, 7) is 1.36. The highest BCUT2D eigenvalue weighted by molar-refractivity contribution is 5.65. The van der Waals surface area contributed by atoms with Crippen LogP contribution in [0.2, 0.25) is 0 Å². The zero-order chi connectivity index (χ0) is 11.1. The Hall–Kier alpha value is -1.89. The van der Waals surface area contributed by atoms with Crippen molar-refractivity contribution < 1.29 is 5.11 Å². The van der Waals surface area contributed by atoms with Crippen LogP contribution in [-0.2, 0) is 0 Å². The molecule has 1 fully saturated rings. The van der Waals surface area contributed by atoms with E-state index in [0.29, 0.717) is 12.2 Å². The minimum atomic E-state index is -0.290. The van der Waals surface area contributed by atoms with Gasteiger partial charge in [-0.25, -0.2) is 9.50 Å². The largest absolute Gasteiger partial charge is 0.391 e. The molecule has 1 saturated heterocycles. The number of aliphatic hydroxyl groups is 1. The third-order valence-corrected chi connectivity index (χ3v) is 2.72. The highest BCUT2D eigenvalue weighted by Crippen LogP contribution is 2.21. The van der Waals surface area contributed by atoms with Gasteiger partial charge in [0.25, 0.3) is 0 Å². The van der Waals surface area contributed by atoms with E-state index in [4.69, 9.17) is 5.73 Å². The molecule has 0 bridgehead atoms. The minimum Gasteiger partial charge on any atom is -0.391 e. The summed E-state index contributed by atoms with van der Waals surface area (Å²) in [6, 6.07) is 0. The van der Waals surface area contributed by atoms with E-state index in [1.165, 1.54) is 0 Å². The van der Waals surface area contributed by atoms with Gasteiger partial charge in [0.1, 0.15) is 0 Å². The average Bonchev–Trinajstić information content (AvgIpc) is 2.82. The molecule has 1 aliphatic rings. The Balaban J connectivity index is 2.09. The highest BCUT2D eigenvalue weighted by atomic mass is 16.3. The molecule has 3 N–H and O–H groups in total. The molecule has 0 saturated carbocycles. The SMILES string of the molecule is Nc1nc2c(N3CC[C@@H](O)C3)nccn2n1. The van der Waals surface area contributed by atoms with Gasteiger partial charge < -0.3 is 15.7 Å². The van der Waals surface area contributed by atoms with Gasteiger partial charge in [-0.3, -0.25) is 0 Å². The fraction of sp³-hybridized carbons (Fsp3) is 0.444. The van der Waals surface area contributed by atoms with E-state index >= 15 is 0 Å². The summed E-state index contributed by atoms with van der Waals surface area (Å²) in [5.41, 5.74) is 6.18. The average molecular weight is 220 g/mol. The van der Waals surface area contributed by atoms with Crippen LogP contribution in [0.25, 0.3) is 5.65 Å².